The van der Waals surface area contributed by atoms with Crippen molar-refractivity contribution in [2.24, 2.45) is 5.92 Å². The molecule has 0 aromatic heterocycles. The van der Waals surface area contributed by atoms with Gasteiger partial charge in [-0.05, 0) is 30.2 Å². The summed E-state index contributed by atoms with van der Waals surface area (Å²) in [5.41, 5.74) is 0.406. The average Bonchev–Trinajstić information content (AvgIpc) is 2.14. The Morgan fingerprint density at radius 1 is 1.12 bits per heavy atom. The lowest BCUT2D eigenvalue weighted by Crippen LogP contribution is -2.35. The van der Waals surface area contributed by atoms with E-state index in [0.29, 0.717) is 18.0 Å². The van der Waals surface area contributed by atoms with E-state index < -0.39 is 11.6 Å². The molecule has 96 valence electrons. The van der Waals surface area contributed by atoms with Crippen LogP contribution >= 0.6 is 0 Å². The van der Waals surface area contributed by atoms with Gasteiger partial charge in [-0.2, -0.15) is 0 Å². The van der Waals surface area contributed by atoms with E-state index in [2.05, 4.69) is 19.2 Å². The number of hydrogen-bond acceptors (Lipinski definition) is 1. The molecule has 0 aliphatic carbocycles. The third-order valence-corrected chi connectivity index (χ3v) is 2.76. The third-order valence-electron chi connectivity index (χ3n) is 2.76. The van der Waals surface area contributed by atoms with Crippen LogP contribution < -0.4 is 5.32 Å². The molecule has 1 aromatic rings. The highest BCUT2D eigenvalue weighted by Crippen LogP contribution is 2.24. The van der Waals surface area contributed by atoms with Crippen LogP contribution in [0.15, 0.2) is 18.2 Å². The van der Waals surface area contributed by atoms with Gasteiger partial charge in [0.1, 0.15) is 11.6 Å². The van der Waals surface area contributed by atoms with Gasteiger partial charge >= 0.3 is 0 Å². The van der Waals surface area contributed by atoms with Crippen LogP contribution in [0.5, 0.6) is 0 Å². The molecule has 0 spiro atoms. The normalized spacial score (nSPS) is 12.2. The van der Waals surface area contributed by atoms with Crippen molar-refractivity contribution in [2.45, 2.75) is 33.1 Å². The Morgan fingerprint density at radius 3 is 2.12 bits per heavy atom. The fourth-order valence-electron chi connectivity index (χ4n) is 1.72. The van der Waals surface area contributed by atoms with Crippen molar-refractivity contribution >= 4 is 0 Å². The summed E-state index contributed by atoms with van der Waals surface area (Å²) < 4.78 is 26.3. The molecule has 1 nitrogen and oxygen atoms in total. The number of halogens is 2. The van der Waals surface area contributed by atoms with E-state index in [1.165, 1.54) is 12.1 Å². The first-order valence-electron chi connectivity index (χ1n) is 5.98. The van der Waals surface area contributed by atoms with Crippen LogP contribution in [0, 0.1) is 17.6 Å². The second kappa shape index (κ2) is 5.58. The molecule has 0 aliphatic heterocycles. The third kappa shape index (κ3) is 4.43. The van der Waals surface area contributed by atoms with E-state index in [1.807, 2.05) is 13.8 Å². The van der Waals surface area contributed by atoms with Gasteiger partial charge < -0.3 is 5.32 Å². The summed E-state index contributed by atoms with van der Waals surface area (Å²) in [7, 11) is 0. The van der Waals surface area contributed by atoms with Gasteiger partial charge in [0.2, 0.25) is 0 Å². The molecule has 0 heterocycles. The van der Waals surface area contributed by atoms with Crippen molar-refractivity contribution < 1.29 is 8.78 Å². The Kier molecular flexibility index (Phi) is 4.63. The summed E-state index contributed by atoms with van der Waals surface area (Å²) in [4.78, 5) is 0. The van der Waals surface area contributed by atoms with E-state index in [4.69, 9.17) is 0 Å². The van der Waals surface area contributed by atoms with Crippen LogP contribution in [0.3, 0.4) is 0 Å². The Bertz CT molecular complexity index is 352. The van der Waals surface area contributed by atoms with E-state index in [0.717, 1.165) is 12.6 Å². The van der Waals surface area contributed by atoms with Crippen LogP contribution in [0.4, 0.5) is 8.78 Å². The first-order chi connectivity index (χ1) is 7.81. The zero-order chi connectivity index (χ0) is 13.1. The first kappa shape index (κ1) is 14.1. The van der Waals surface area contributed by atoms with Gasteiger partial charge in [0.05, 0.1) is 0 Å². The van der Waals surface area contributed by atoms with Crippen LogP contribution in [-0.2, 0) is 5.41 Å². The smallest absolute Gasteiger partial charge is 0.126 e. The Balaban J connectivity index is 2.74. The van der Waals surface area contributed by atoms with Crippen LogP contribution in [-0.4, -0.2) is 13.1 Å². The molecule has 0 saturated heterocycles. The van der Waals surface area contributed by atoms with E-state index >= 15 is 0 Å². The Morgan fingerprint density at radius 2 is 1.65 bits per heavy atom. The number of nitrogens with one attached hydrogen (secondary N) is 1. The Labute approximate surface area is 102 Å². The van der Waals surface area contributed by atoms with E-state index in [-0.39, 0.29) is 5.41 Å². The fourth-order valence-corrected chi connectivity index (χ4v) is 1.72. The summed E-state index contributed by atoms with van der Waals surface area (Å²) in [6, 6.07) is 3.71. The molecule has 17 heavy (non-hydrogen) atoms. The summed E-state index contributed by atoms with van der Waals surface area (Å²) in [5.74, 6) is -0.469. The summed E-state index contributed by atoms with van der Waals surface area (Å²) in [5, 5.41) is 3.32. The molecule has 3 heteroatoms. The van der Waals surface area contributed by atoms with Gasteiger partial charge in [0, 0.05) is 18.0 Å². The largest absolute Gasteiger partial charge is 0.316 e. The lowest BCUT2D eigenvalue weighted by Gasteiger charge is -2.26. The zero-order valence-corrected chi connectivity index (χ0v) is 11.0. The van der Waals surface area contributed by atoms with Crippen LogP contribution in [0.2, 0.25) is 0 Å². The maximum Gasteiger partial charge on any atom is 0.126 e. The average molecular weight is 241 g/mol. The molecular weight excluding hydrogens is 220 g/mol. The monoisotopic (exact) mass is 241 g/mol. The second-order valence-electron chi connectivity index (χ2n) is 5.57. The quantitative estimate of drug-likeness (QED) is 0.832. The minimum absolute atomic E-state index is 0.280. The summed E-state index contributed by atoms with van der Waals surface area (Å²) in [6.07, 6.45) is 0. The van der Waals surface area contributed by atoms with Crippen molar-refractivity contribution in [3.8, 4) is 0 Å². The molecule has 1 rings (SSSR count). The van der Waals surface area contributed by atoms with Gasteiger partial charge in [-0.15, -0.1) is 0 Å². The molecular formula is C14H21F2N. The highest BCUT2D eigenvalue weighted by atomic mass is 19.1. The van der Waals surface area contributed by atoms with Crippen molar-refractivity contribution in [3.63, 3.8) is 0 Å². The standard InChI is InChI=1S/C14H21F2N/c1-10(2)8-17-9-14(3,4)11-5-12(15)7-13(16)6-11/h5-7,10,17H,8-9H2,1-4H3. The molecule has 0 amide bonds. The highest BCUT2D eigenvalue weighted by molar-refractivity contribution is 5.25. The molecule has 0 atom stereocenters. The van der Waals surface area contributed by atoms with E-state index in [9.17, 15) is 8.78 Å². The molecule has 0 radical (unpaired) electrons. The minimum Gasteiger partial charge on any atom is -0.316 e. The fraction of sp³-hybridized carbons (Fsp3) is 0.571. The predicted octanol–water partition coefficient (Wildman–Crippen LogP) is 3.49. The van der Waals surface area contributed by atoms with Crippen molar-refractivity contribution in [2.75, 3.05) is 13.1 Å². The number of benzene rings is 1. The minimum atomic E-state index is -0.517. The Hall–Kier alpha value is -0.960. The van der Waals surface area contributed by atoms with Crippen molar-refractivity contribution in [3.05, 3.63) is 35.4 Å². The number of hydrogen-bond donors (Lipinski definition) is 1. The van der Waals surface area contributed by atoms with Crippen LogP contribution in [0.1, 0.15) is 33.3 Å². The number of rotatable bonds is 5. The van der Waals surface area contributed by atoms with Crippen molar-refractivity contribution in [1.29, 1.82) is 0 Å². The lowest BCUT2D eigenvalue weighted by molar-refractivity contribution is 0.438. The van der Waals surface area contributed by atoms with E-state index in [1.54, 1.807) is 0 Å². The maximum absolute atomic E-state index is 13.1. The van der Waals surface area contributed by atoms with Crippen molar-refractivity contribution in [1.82, 2.24) is 5.32 Å². The van der Waals surface area contributed by atoms with Gasteiger partial charge in [-0.1, -0.05) is 27.7 Å². The van der Waals surface area contributed by atoms with Gasteiger partial charge in [-0.3, -0.25) is 0 Å². The van der Waals surface area contributed by atoms with Gasteiger partial charge in [0.15, 0.2) is 0 Å². The molecule has 0 fully saturated rings. The maximum atomic E-state index is 13.1. The first-order valence-corrected chi connectivity index (χ1v) is 5.98. The molecule has 0 unspecified atom stereocenters. The SMILES string of the molecule is CC(C)CNCC(C)(C)c1cc(F)cc(F)c1. The molecule has 0 bridgehead atoms. The topological polar surface area (TPSA) is 12.0 Å². The summed E-state index contributed by atoms with van der Waals surface area (Å²) in [6.45, 7) is 9.82. The van der Waals surface area contributed by atoms with Gasteiger partial charge in [-0.25, -0.2) is 8.78 Å². The lowest BCUT2D eigenvalue weighted by atomic mass is 9.84. The van der Waals surface area contributed by atoms with Gasteiger partial charge in [0.25, 0.3) is 0 Å². The second-order valence-corrected chi connectivity index (χ2v) is 5.57. The van der Waals surface area contributed by atoms with Crippen LogP contribution in [0.25, 0.3) is 0 Å². The predicted molar refractivity (Wildman–Crippen MR) is 67.1 cm³/mol. The molecule has 1 N–H and O–H groups in total. The highest BCUT2D eigenvalue weighted by Gasteiger charge is 2.21. The molecule has 0 aliphatic rings. The molecule has 0 saturated carbocycles. The molecule has 1 aromatic carbocycles. The zero-order valence-electron chi connectivity index (χ0n) is 11.0. The summed E-state index contributed by atoms with van der Waals surface area (Å²) >= 11 is 0.